The maximum absolute atomic E-state index is 12.9. The van der Waals surface area contributed by atoms with Crippen LogP contribution in [0.15, 0.2) is 12.1 Å². The highest BCUT2D eigenvalue weighted by Crippen LogP contribution is 2.44. The van der Waals surface area contributed by atoms with Crippen molar-refractivity contribution in [3.63, 3.8) is 0 Å². The van der Waals surface area contributed by atoms with Gasteiger partial charge in [-0.15, -0.1) is 0 Å². The molecule has 126 valence electrons. The van der Waals surface area contributed by atoms with Gasteiger partial charge in [-0.05, 0) is 56.0 Å². The van der Waals surface area contributed by atoms with E-state index in [1.807, 2.05) is 0 Å². The Kier molecular flexibility index (Phi) is 4.37. The molecule has 0 radical (unpaired) electrons. The van der Waals surface area contributed by atoms with Crippen LogP contribution in [-0.2, 0) is 11.2 Å². The summed E-state index contributed by atoms with van der Waals surface area (Å²) in [6.45, 7) is 3.40. The molecule has 0 aliphatic heterocycles. The van der Waals surface area contributed by atoms with E-state index in [0.717, 1.165) is 6.07 Å². The molecule has 0 spiro atoms. The Labute approximate surface area is 123 Å². The maximum atomic E-state index is 12.9. The van der Waals surface area contributed by atoms with Crippen LogP contribution in [0.4, 0.5) is 26.3 Å². The van der Waals surface area contributed by atoms with E-state index in [0.29, 0.717) is 19.9 Å². The standard InChI is InChI=1S/C14H16F6O2/c1-7-5-8(2)10(12(4,22)14(18,19)20)6-9(7)11(3,21)13(15,16)17/h5-6,21-22H,1-4H3. The lowest BCUT2D eigenvalue weighted by Crippen LogP contribution is -2.42. The number of benzene rings is 1. The van der Waals surface area contributed by atoms with E-state index >= 15 is 0 Å². The second kappa shape index (κ2) is 5.13. The normalized spacial score (nSPS) is 18.7. The third-order valence-electron chi connectivity index (χ3n) is 3.72. The Morgan fingerprint density at radius 2 is 0.955 bits per heavy atom. The second-order valence-corrected chi connectivity index (χ2v) is 5.62. The van der Waals surface area contributed by atoms with Crippen LogP contribution >= 0.6 is 0 Å². The molecule has 0 aliphatic rings. The van der Waals surface area contributed by atoms with E-state index in [4.69, 9.17) is 0 Å². The molecule has 0 aromatic heterocycles. The molecule has 2 N–H and O–H groups in total. The van der Waals surface area contributed by atoms with Crippen LogP contribution < -0.4 is 0 Å². The Bertz CT molecular complexity index is 523. The first kappa shape index (κ1) is 18.8. The Morgan fingerprint density at radius 1 is 0.682 bits per heavy atom. The monoisotopic (exact) mass is 330 g/mol. The molecule has 0 aliphatic carbocycles. The van der Waals surface area contributed by atoms with Crippen LogP contribution in [0.3, 0.4) is 0 Å². The molecule has 1 rings (SSSR count). The van der Waals surface area contributed by atoms with E-state index in [9.17, 15) is 36.6 Å². The minimum Gasteiger partial charge on any atom is -0.376 e. The lowest BCUT2D eigenvalue weighted by molar-refractivity contribution is -0.261. The fourth-order valence-corrected chi connectivity index (χ4v) is 2.21. The fraction of sp³-hybridized carbons (Fsp3) is 0.571. The maximum Gasteiger partial charge on any atom is 0.421 e. The average molecular weight is 330 g/mol. The van der Waals surface area contributed by atoms with Gasteiger partial charge in [0.2, 0.25) is 0 Å². The molecule has 0 heterocycles. The van der Waals surface area contributed by atoms with Gasteiger partial charge in [-0.1, -0.05) is 6.07 Å². The van der Waals surface area contributed by atoms with Crippen molar-refractivity contribution in [1.82, 2.24) is 0 Å². The Balaban J connectivity index is 3.65. The molecule has 2 unspecified atom stereocenters. The van der Waals surface area contributed by atoms with Crippen molar-refractivity contribution >= 4 is 0 Å². The first-order chi connectivity index (χ1) is 9.53. The number of rotatable bonds is 2. The summed E-state index contributed by atoms with van der Waals surface area (Å²) < 4.78 is 77.6. The van der Waals surface area contributed by atoms with Crippen molar-refractivity contribution < 1.29 is 36.6 Å². The molecule has 2 atom stereocenters. The number of aliphatic hydroxyl groups is 2. The Hall–Kier alpha value is -1.28. The highest BCUT2D eigenvalue weighted by atomic mass is 19.4. The van der Waals surface area contributed by atoms with Crippen LogP contribution in [0, 0.1) is 13.8 Å². The number of aryl methyl sites for hydroxylation is 2. The summed E-state index contributed by atoms with van der Waals surface area (Å²) in [5.74, 6) is 0. The molecule has 0 saturated heterocycles. The van der Waals surface area contributed by atoms with Gasteiger partial charge in [-0.2, -0.15) is 26.3 Å². The molecule has 8 heteroatoms. The van der Waals surface area contributed by atoms with Gasteiger partial charge in [0.05, 0.1) is 0 Å². The zero-order chi connectivity index (χ0) is 17.7. The topological polar surface area (TPSA) is 40.5 Å². The third-order valence-corrected chi connectivity index (χ3v) is 3.72. The molecule has 2 nitrogen and oxygen atoms in total. The van der Waals surface area contributed by atoms with Crippen molar-refractivity contribution in [1.29, 1.82) is 0 Å². The smallest absolute Gasteiger partial charge is 0.376 e. The van der Waals surface area contributed by atoms with Crippen LogP contribution in [0.1, 0.15) is 36.1 Å². The minimum absolute atomic E-state index is 0.0263. The summed E-state index contributed by atoms with van der Waals surface area (Å²) in [5, 5.41) is 19.4. The summed E-state index contributed by atoms with van der Waals surface area (Å²) >= 11 is 0. The number of hydrogen-bond acceptors (Lipinski definition) is 2. The van der Waals surface area contributed by atoms with Crippen molar-refractivity contribution in [3.05, 3.63) is 34.4 Å². The van der Waals surface area contributed by atoms with E-state index in [2.05, 4.69) is 0 Å². The van der Waals surface area contributed by atoms with Crippen LogP contribution in [0.25, 0.3) is 0 Å². The largest absolute Gasteiger partial charge is 0.421 e. The van der Waals surface area contributed by atoms with Crippen molar-refractivity contribution in [2.45, 2.75) is 51.2 Å². The minimum atomic E-state index is -5.08. The van der Waals surface area contributed by atoms with Gasteiger partial charge in [0, 0.05) is 0 Å². The van der Waals surface area contributed by atoms with Gasteiger partial charge < -0.3 is 10.2 Å². The van der Waals surface area contributed by atoms with Gasteiger partial charge >= 0.3 is 12.4 Å². The zero-order valence-corrected chi connectivity index (χ0v) is 12.3. The molecular formula is C14H16F6O2. The molecule has 0 fully saturated rings. The molecule has 22 heavy (non-hydrogen) atoms. The number of hydrogen-bond donors (Lipinski definition) is 2. The molecule has 1 aromatic carbocycles. The highest BCUT2D eigenvalue weighted by Gasteiger charge is 2.55. The first-order valence-corrected chi connectivity index (χ1v) is 6.24. The lowest BCUT2D eigenvalue weighted by Gasteiger charge is -2.33. The highest BCUT2D eigenvalue weighted by molar-refractivity contribution is 5.43. The van der Waals surface area contributed by atoms with Crippen LogP contribution in [0.2, 0.25) is 0 Å². The quantitative estimate of drug-likeness (QED) is 0.809. The van der Waals surface area contributed by atoms with E-state index in [-0.39, 0.29) is 11.1 Å². The molecule has 0 saturated carbocycles. The summed E-state index contributed by atoms with van der Waals surface area (Å²) in [7, 11) is 0. The molecular weight excluding hydrogens is 314 g/mol. The van der Waals surface area contributed by atoms with Crippen molar-refractivity contribution in [3.8, 4) is 0 Å². The summed E-state index contributed by atoms with van der Waals surface area (Å²) in [6, 6.07) is 1.64. The van der Waals surface area contributed by atoms with Crippen LogP contribution in [0.5, 0.6) is 0 Å². The fourth-order valence-electron chi connectivity index (χ4n) is 2.21. The van der Waals surface area contributed by atoms with Crippen LogP contribution in [-0.4, -0.2) is 22.6 Å². The Morgan fingerprint density at radius 3 is 1.18 bits per heavy atom. The number of halogens is 6. The molecule has 1 aromatic rings. The van der Waals surface area contributed by atoms with Gasteiger partial charge in [-0.3, -0.25) is 0 Å². The summed E-state index contributed by atoms with van der Waals surface area (Å²) in [4.78, 5) is 0. The predicted octanol–water partition coefficient (Wildman–Crippen LogP) is 3.84. The average Bonchev–Trinajstić information content (AvgIpc) is 2.24. The van der Waals surface area contributed by atoms with Crippen molar-refractivity contribution in [2.75, 3.05) is 0 Å². The SMILES string of the molecule is Cc1cc(C)c(C(C)(O)C(F)(F)F)cc1C(C)(O)C(F)(F)F. The molecule has 0 bridgehead atoms. The third kappa shape index (κ3) is 2.94. The summed E-state index contributed by atoms with van der Waals surface area (Å²) in [6.07, 6.45) is -10.2. The lowest BCUT2D eigenvalue weighted by atomic mass is 9.83. The summed E-state index contributed by atoms with van der Waals surface area (Å²) in [5.41, 5.74) is -8.18. The van der Waals surface area contributed by atoms with E-state index in [1.54, 1.807) is 0 Å². The second-order valence-electron chi connectivity index (χ2n) is 5.62. The van der Waals surface area contributed by atoms with E-state index in [1.165, 1.54) is 13.8 Å². The number of alkyl halides is 6. The predicted molar refractivity (Wildman–Crippen MR) is 67.2 cm³/mol. The zero-order valence-electron chi connectivity index (χ0n) is 12.3. The van der Waals surface area contributed by atoms with Gasteiger partial charge in [0.15, 0.2) is 11.2 Å². The molecule has 0 amide bonds. The first-order valence-electron chi connectivity index (χ1n) is 6.24. The van der Waals surface area contributed by atoms with Gasteiger partial charge in [0.25, 0.3) is 0 Å². The van der Waals surface area contributed by atoms with Crippen molar-refractivity contribution in [2.24, 2.45) is 0 Å². The van der Waals surface area contributed by atoms with Gasteiger partial charge in [0.1, 0.15) is 0 Å². The van der Waals surface area contributed by atoms with E-state index < -0.39 is 34.7 Å². The van der Waals surface area contributed by atoms with Gasteiger partial charge in [-0.25, -0.2) is 0 Å².